The molecule has 2 aromatic carbocycles. The van der Waals surface area contributed by atoms with E-state index in [4.69, 9.17) is 4.74 Å². The minimum Gasteiger partial charge on any atom is -0.453 e. The van der Waals surface area contributed by atoms with Gasteiger partial charge in [0.05, 0.1) is 6.20 Å². The molecule has 1 fully saturated rings. The number of aliphatic imine (C=N–C) groups is 1. The van der Waals surface area contributed by atoms with E-state index in [1.807, 2.05) is 29.2 Å². The van der Waals surface area contributed by atoms with Crippen LogP contribution in [0.4, 0.5) is 10.1 Å². The third-order valence-corrected chi connectivity index (χ3v) is 5.32. The molecule has 0 atom stereocenters. The molecule has 3 aromatic rings. The molecule has 0 radical (unpaired) electrons. The number of nitrogens with zero attached hydrogens (tertiary/aromatic N) is 3. The van der Waals surface area contributed by atoms with Crippen LogP contribution in [0.15, 0.2) is 72.0 Å². The van der Waals surface area contributed by atoms with Gasteiger partial charge in [-0.25, -0.2) is 4.39 Å². The maximum atomic E-state index is 14.4. The summed E-state index contributed by atoms with van der Waals surface area (Å²) < 4.78 is 20.0. The second-order valence-corrected chi connectivity index (χ2v) is 7.65. The number of aromatic nitrogens is 1. The average Bonchev–Trinajstić information content (AvgIpc) is 3.27. The molecule has 0 aliphatic carbocycles. The van der Waals surface area contributed by atoms with Crippen LogP contribution in [-0.2, 0) is 17.9 Å². The van der Waals surface area contributed by atoms with Crippen molar-refractivity contribution in [1.82, 2.24) is 15.6 Å². The first-order valence-corrected chi connectivity index (χ1v) is 10.8. The predicted octanol–water partition coefficient (Wildman–Crippen LogP) is 4.01. The van der Waals surface area contributed by atoms with Crippen molar-refractivity contribution in [3.63, 3.8) is 0 Å². The Kier molecular flexibility index (Phi) is 7.14. The van der Waals surface area contributed by atoms with E-state index in [0.717, 1.165) is 29.8 Å². The molecule has 2 heterocycles. The monoisotopic (exact) mass is 447 g/mol. The Balaban J connectivity index is 1.28. The number of rotatable bonds is 7. The van der Waals surface area contributed by atoms with E-state index in [1.54, 1.807) is 37.5 Å². The molecule has 8 heteroatoms. The molecular formula is C25H26FN5O2. The third-order valence-electron chi connectivity index (χ3n) is 5.32. The van der Waals surface area contributed by atoms with Crippen LogP contribution in [-0.4, -0.2) is 30.4 Å². The van der Waals surface area contributed by atoms with Crippen molar-refractivity contribution in [3.05, 3.63) is 83.9 Å². The van der Waals surface area contributed by atoms with Crippen molar-refractivity contribution < 1.29 is 13.9 Å². The Morgan fingerprint density at radius 1 is 1.12 bits per heavy atom. The predicted molar refractivity (Wildman–Crippen MR) is 126 cm³/mol. The van der Waals surface area contributed by atoms with E-state index in [2.05, 4.69) is 20.6 Å². The Labute approximate surface area is 192 Å². The summed E-state index contributed by atoms with van der Waals surface area (Å²) in [5.41, 5.74) is 2.76. The summed E-state index contributed by atoms with van der Waals surface area (Å²) in [5.74, 6) is 0.960. The number of halogens is 1. The quantitative estimate of drug-likeness (QED) is 0.423. The molecule has 1 saturated heterocycles. The van der Waals surface area contributed by atoms with Crippen LogP contribution >= 0.6 is 0 Å². The number of pyridine rings is 1. The van der Waals surface area contributed by atoms with Crippen LogP contribution < -0.4 is 20.3 Å². The van der Waals surface area contributed by atoms with Crippen LogP contribution in [0.2, 0.25) is 0 Å². The molecule has 4 rings (SSSR count). The third kappa shape index (κ3) is 5.85. The molecule has 0 bridgehead atoms. The first-order chi connectivity index (χ1) is 16.1. The summed E-state index contributed by atoms with van der Waals surface area (Å²) in [7, 11) is 1.68. The van der Waals surface area contributed by atoms with Crippen molar-refractivity contribution in [2.45, 2.75) is 25.9 Å². The highest BCUT2D eigenvalue weighted by Gasteiger charge is 2.21. The number of carbonyl (C=O) groups excluding carboxylic acids is 1. The van der Waals surface area contributed by atoms with Crippen LogP contribution in [0.5, 0.6) is 11.5 Å². The molecule has 170 valence electrons. The van der Waals surface area contributed by atoms with Gasteiger partial charge in [0, 0.05) is 45.0 Å². The molecule has 1 aliphatic rings. The normalized spacial score (nSPS) is 13.8. The molecule has 0 saturated carbocycles. The zero-order valence-electron chi connectivity index (χ0n) is 18.4. The number of hydrogen-bond acceptors (Lipinski definition) is 4. The molecule has 1 aromatic heterocycles. The second-order valence-electron chi connectivity index (χ2n) is 7.65. The van der Waals surface area contributed by atoms with E-state index < -0.39 is 5.82 Å². The number of hydrogen-bond donors (Lipinski definition) is 2. The summed E-state index contributed by atoms with van der Waals surface area (Å²) in [6.07, 6.45) is 4.69. The zero-order valence-corrected chi connectivity index (χ0v) is 18.4. The molecule has 0 spiro atoms. The Hall–Kier alpha value is -3.94. The lowest BCUT2D eigenvalue weighted by molar-refractivity contribution is -0.117. The number of benzene rings is 2. The number of amides is 1. The van der Waals surface area contributed by atoms with Gasteiger partial charge < -0.3 is 20.3 Å². The molecular weight excluding hydrogens is 421 g/mol. The largest absolute Gasteiger partial charge is 0.453 e. The van der Waals surface area contributed by atoms with Gasteiger partial charge in [-0.3, -0.25) is 14.8 Å². The summed E-state index contributed by atoms with van der Waals surface area (Å²) >= 11 is 0. The number of carbonyl (C=O) groups is 1. The minimum atomic E-state index is -0.447. The highest BCUT2D eigenvalue weighted by atomic mass is 19.1. The first kappa shape index (κ1) is 22.3. The van der Waals surface area contributed by atoms with E-state index >= 15 is 0 Å². The zero-order chi connectivity index (χ0) is 23.0. The van der Waals surface area contributed by atoms with Crippen molar-refractivity contribution in [1.29, 1.82) is 0 Å². The standard InChI is InChI=1S/C25H26FN5O2/c1-27-25(29-15-18-6-9-20(10-7-18)31-13-3-5-24(31)32)30-16-19-8-11-23(22(26)14-19)33-21-4-2-12-28-17-21/h2,4,6-12,14,17H,3,5,13,15-16H2,1H3,(H2,27,29,30). The molecule has 33 heavy (non-hydrogen) atoms. The van der Waals surface area contributed by atoms with Crippen LogP contribution in [0.3, 0.4) is 0 Å². The SMILES string of the molecule is CN=C(NCc1ccc(N2CCCC2=O)cc1)NCc1ccc(Oc2cccnc2)c(F)c1. The number of guanidine groups is 1. The lowest BCUT2D eigenvalue weighted by Gasteiger charge is -2.16. The van der Waals surface area contributed by atoms with Crippen molar-refractivity contribution >= 4 is 17.6 Å². The van der Waals surface area contributed by atoms with Gasteiger partial charge in [0.2, 0.25) is 5.91 Å². The maximum absolute atomic E-state index is 14.4. The van der Waals surface area contributed by atoms with E-state index in [0.29, 0.717) is 31.2 Å². The Bertz CT molecular complexity index is 1120. The van der Waals surface area contributed by atoms with Crippen LogP contribution in [0.1, 0.15) is 24.0 Å². The van der Waals surface area contributed by atoms with E-state index in [1.165, 1.54) is 12.3 Å². The van der Waals surface area contributed by atoms with Gasteiger partial charge >= 0.3 is 0 Å². The lowest BCUT2D eigenvalue weighted by atomic mass is 10.2. The highest BCUT2D eigenvalue weighted by molar-refractivity contribution is 5.95. The summed E-state index contributed by atoms with van der Waals surface area (Å²) in [4.78, 5) is 21.9. The summed E-state index contributed by atoms with van der Waals surface area (Å²) in [5, 5.41) is 6.43. The first-order valence-electron chi connectivity index (χ1n) is 10.8. The fourth-order valence-corrected chi connectivity index (χ4v) is 3.58. The van der Waals surface area contributed by atoms with E-state index in [-0.39, 0.29) is 11.7 Å². The van der Waals surface area contributed by atoms with E-state index in [9.17, 15) is 9.18 Å². The maximum Gasteiger partial charge on any atom is 0.227 e. The fourth-order valence-electron chi connectivity index (χ4n) is 3.58. The minimum absolute atomic E-state index is 0.147. The van der Waals surface area contributed by atoms with Gasteiger partial charge in [-0.15, -0.1) is 0 Å². The van der Waals surface area contributed by atoms with Crippen LogP contribution in [0, 0.1) is 5.82 Å². The van der Waals surface area contributed by atoms with Gasteiger partial charge in [-0.1, -0.05) is 18.2 Å². The van der Waals surface area contributed by atoms with Gasteiger partial charge in [-0.2, -0.15) is 0 Å². The Morgan fingerprint density at radius 2 is 1.88 bits per heavy atom. The number of anilines is 1. The molecule has 0 unspecified atom stereocenters. The van der Waals surface area contributed by atoms with Gasteiger partial charge in [-0.05, 0) is 53.9 Å². The van der Waals surface area contributed by atoms with Crippen molar-refractivity contribution in [3.8, 4) is 11.5 Å². The van der Waals surface area contributed by atoms with Crippen molar-refractivity contribution in [2.24, 2.45) is 4.99 Å². The number of ether oxygens (including phenoxy) is 1. The number of nitrogens with one attached hydrogen (secondary N) is 2. The van der Waals surface area contributed by atoms with Crippen molar-refractivity contribution in [2.75, 3.05) is 18.5 Å². The van der Waals surface area contributed by atoms with Gasteiger partial charge in [0.15, 0.2) is 17.5 Å². The molecule has 7 nitrogen and oxygen atoms in total. The smallest absolute Gasteiger partial charge is 0.227 e. The average molecular weight is 448 g/mol. The molecule has 1 aliphatic heterocycles. The summed E-state index contributed by atoms with van der Waals surface area (Å²) in [6, 6.07) is 16.2. The lowest BCUT2D eigenvalue weighted by Crippen LogP contribution is -2.36. The highest BCUT2D eigenvalue weighted by Crippen LogP contribution is 2.24. The van der Waals surface area contributed by atoms with Gasteiger partial charge in [0.1, 0.15) is 5.75 Å². The molecule has 2 N–H and O–H groups in total. The summed E-state index contributed by atoms with van der Waals surface area (Å²) in [6.45, 7) is 1.75. The second kappa shape index (κ2) is 10.6. The molecule has 1 amide bonds. The topological polar surface area (TPSA) is 78.9 Å². The Morgan fingerprint density at radius 3 is 2.52 bits per heavy atom. The van der Waals surface area contributed by atoms with Gasteiger partial charge in [0.25, 0.3) is 0 Å². The van der Waals surface area contributed by atoms with Crippen LogP contribution in [0.25, 0.3) is 0 Å². The fraction of sp³-hybridized carbons (Fsp3) is 0.240.